The molecule has 0 atom stereocenters. The van der Waals surface area contributed by atoms with Crippen molar-refractivity contribution in [3.05, 3.63) is 100.0 Å². The number of benzene rings is 3. The highest BCUT2D eigenvalue weighted by molar-refractivity contribution is 6.53. The Morgan fingerprint density at radius 1 is 0.909 bits per heavy atom. The molecule has 0 saturated heterocycles. The minimum absolute atomic E-state index is 0.0484. The van der Waals surface area contributed by atoms with Gasteiger partial charge in [0.15, 0.2) is 0 Å². The summed E-state index contributed by atoms with van der Waals surface area (Å²) in [6.07, 6.45) is 0. The second kappa shape index (κ2) is 8.88. The molecule has 166 valence electrons. The van der Waals surface area contributed by atoms with Gasteiger partial charge in [0.2, 0.25) is 0 Å². The molecule has 0 unspecified atom stereocenters. The van der Waals surface area contributed by atoms with Crippen molar-refractivity contribution in [3.63, 3.8) is 0 Å². The molecule has 0 saturated carbocycles. The average Bonchev–Trinajstić information content (AvgIpc) is 2.98. The van der Waals surface area contributed by atoms with Crippen LogP contribution in [0.1, 0.15) is 21.5 Å². The maximum absolute atomic E-state index is 13.8. The van der Waals surface area contributed by atoms with Crippen LogP contribution in [0.25, 0.3) is 0 Å². The number of halogens is 2. The number of hydrogen-bond acceptors (Lipinski definition) is 4. The van der Waals surface area contributed by atoms with Gasteiger partial charge in [0, 0.05) is 11.3 Å². The predicted molar refractivity (Wildman–Crippen MR) is 126 cm³/mol. The summed E-state index contributed by atoms with van der Waals surface area (Å²) in [5.41, 5.74) is 2.78. The quantitative estimate of drug-likeness (QED) is 0.514. The van der Waals surface area contributed by atoms with E-state index >= 15 is 0 Å². The van der Waals surface area contributed by atoms with Crippen LogP contribution in [0.5, 0.6) is 0 Å². The maximum atomic E-state index is 13.8. The van der Waals surface area contributed by atoms with Crippen LogP contribution in [0.4, 0.5) is 21.5 Å². The largest absolute Gasteiger partial charge is 0.350 e. The summed E-state index contributed by atoms with van der Waals surface area (Å²) in [4.78, 5) is 39.3. The average molecular weight is 464 g/mol. The van der Waals surface area contributed by atoms with Crippen molar-refractivity contribution in [2.45, 2.75) is 13.8 Å². The van der Waals surface area contributed by atoms with Gasteiger partial charge in [-0.1, -0.05) is 35.9 Å². The molecule has 3 aromatic rings. The van der Waals surface area contributed by atoms with E-state index in [1.54, 1.807) is 36.4 Å². The number of amides is 3. The normalized spacial score (nSPS) is 13.5. The zero-order valence-electron chi connectivity index (χ0n) is 17.8. The standard InChI is InChI=1S/C25H19ClFN3O3/c1-14-10-15(2)12-18(11-14)30-24(32)21(26)22(25(30)33)28-17-7-5-6-16(13-17)23(31)29-20-9-4-3-8-19(20)27/h3-13,28H,1-2H3,(H,29,31). The number of nitrogens with zero attached hydrogens (tertiary/aromatic N) is 1. The number of hydrogen-bond donors (Lipinski definition) is 2. The van der Waals surface area contributed by atoms with Gasteiger partial charge in [-0.15, -0.1) is 0 Å². The summed E-state index contributed by atoms with van der Waals surface area (Å²) in [5.74, 6) is -2.33. The molecule has 1 aliphatic heterocycles. The van der Waals surface area contributed by atoms with Crippen molar-refractivity contribution in [1.82, 2.24) is 0 Å². The van der Waals surface area contributed by atoms with Crippen LogP contribution in [0.3, 0.4) is 0 Å². The third kappa shape index (κ3) is 4.49. The third-order valence-electron chi connectivity index (χ3n) is 5.01. The van der Waals surface area contributed by atoms with Crippen LogP contribution in [0, 0.1) is 19.7 Å². The SMILES string of the molecule is Cc1cc(C)cc(N2C(=O)C(Cl)=C(Nc3cccc(C(=O)Nc4ccccc4F)c3)C2=O)c1. The fourth-order valence-electron chi connectivity index (χ4n) is 3.57. The minimum atomic E-state index is -0.636. The van der Waals surface area contributed by atoms with Crippen molar-refractivity contribution < 1.29 is 18.8 Å². The molecule has 4 rings (SSSR count). The molecule has 0 aliphatic carbocycles. The van der Waals surface area contributed by atoms with E-state index in [1.807, 2.05) is 19.9 Å². The Bertz CT molecular complexity index is 1320. The van der Waals surface area contributed by atoms with E-state index in [2.05, 4.69) is 10.6 Å². The van der Waals surface area contributed by atoms with Gasteiger partial charge in [-0.3, -0.25) is 14.4 Å². The summed E-state index contributed by atoms with van der Waals surface area (Å²) in [6.45, 7) is 3.74. The molecule has 1 aliphatic rings. The first-order valence-electron chi connectivity index (χ1n) is 10.0. The molecule has 0 spiro atoms. The fraction of sp³-hybridized carbons (Fsp3) is 0.0800. The number of para-hydroxylation sites is 1. The number of nitrogens with one attached hydrogen (secondary N) is 2. The molecule has 0 fully saturated rings. The number of anilines is 3. The van der Waals surface area contributed by atoms with Crippen LogP contribution >= 0.6 is 11.6 Å². The highest BCUT2D eigenvalue weighted by Crippen LogP contribution is 2.31. The van der Waals surface area contributed by atoms with Crippen molar-refractivity contribution in [2.75, 3.05) is 15.5 Å². The van der Waals surface area contributed by atoms with Crippen molar-refractivity contribution in [1.29, 1.82) is 0 Å². The Morgan fingerprint density at radius 2 is 1.61 bits per heavy atom. The molecular formula is C25H19ClFN3O3. The summed E-state index contributed by atoms with van der Waals surface area (Å²) >= 11 is 6.21. The molecule has 33 heavy (non-hydrogen) atoms. The summed E-state index contributed by atoms with van der Waals surface area (Å²) < 4.78 is 13.8. The van der Waals surface area contributed by atoms with Crippen molar-refractivity contribution >= 4 is 46.4 Å². The van der Waals surface area contributed by atoms with Gasteiger partial charge >= 0.3 is 0 Å². The van der Waals surface area contributed by atoms with Gasteiger partial charge in [-0.05, 0) is 67.4 Å². The second-order valence-corrected chi connectivity index (χ2v) is 8.00. The fourth-order valence-corrected chi connectivity index (χ4v) is 3.78. The lowest BCUT2D eigenvalue weighted by Crippen LogP contribution is -2.32. The van der Waals surface area contributed by atoms with Crippen LogP contribution in [0.2, 0.25) is 0 Å². The highest BCUT2D eigenvalue weighted by atomic mass is 35.5. The molecule has 0 aromatic heterocycles. The molecule has 0 radical (unpaired) electrons. The molecule has 0 bridgehead atoms. The first-order valence-corrected chi connectivity index (χ1v) is 10.4. The third-order valence-corrected chi connectivity index (χ3v) is 5.36. The van der Waals surface area contributed by atoms with E-state index in [0.717, 1.165) is 16.0 Å². The molecule has 3 aromatic carbocycles. The predicted octanol–water partition coefficient (Wildman–Crippen LogP) is 5.13. The molecular weight excluding hydrogens is 445 g/mol. The lowest BCUT2D eigenvalue weighted by Gasteiger charge is -2.16. The molecule has 6 nitrogen and oxygen atoms in total. The van der Waals surface area contributed by atoms with Gasteiger partial charge in [0.1, 0.15) is 16.5 Å². The van der Waals surface area contributed by atoms with E-state index in [4.69, 9.17) is 11.6 Å². The maximum Gasteiger partial charge on any atom is 0.283 e. The Hall–Kier alpha value is -3.97. The number of carbonyl (C=O) groups excluding carboxylic acids is 3. The smallest absolute Gasteiger partial charge is 0.283 e. The van der Waals surface area contributed by atoms with E-state index < -0.39 is 23.5 Å². The molecule has 3 amide bonds. The van der Waals surface area contributed by atoms with Crippen LogP contribution < -0.4 is 15.5 Å². The van der Waals surface area contributed by atoms with E-state index in [9.17, 15) is 18.8 Å². The van der Waals surface area contributed by atoms with Crippen LogP contribution in [-0.4, -0.2) is 17.7 Å². The lowest BCUT2D eigenvalue weighted by atomic mass is 10.1. The van der Waals surface area contributed by atoms with Gasteiger partial charge in [-0.25, -0.2) is 9.29 Å². The first-order chi connectivity index (χ1) is 15.7. The second-order valence-electron chi connectivity index (χ2n) is 7.62. The summed E-state index contributed by atoms with van der Waals surface area (Å²) in [6, 6.07) is 17.4. The summed E-state index contributed by atoms with van der Waals surface area (Å²) in [5, 5.41) is 5.10. The zero-order chi connectivity index (χ0) is 23.7. The van der Waals surface area contributed by atoms with E-state index in [0.29, 0.717) is 11.4 Å². The Balaban J connectivity index is 1.56. The number of rotatable bonds is 5. The lowest BCUT2D eigenvalue weighted by molar-refractivity contribution is -0.120. The van der Waals surface area contributed by atoms with Crippen molar-refractivity contribution in [2.24, 2.45) is 0 Å². The molecule has 2 N–H and O–H groups in total. The summed E-state index contributed by atoms with van der Waals surface area (Å²) in [7, 11) is 0. The van der Waals surface area contributed by atoms with Gasteiger partial charge in [-0.2, -0.15) is 0 Å². The van der Waals surface area contributed by atoms with E-state index in [-0.39, 0.29) is 22.0 Å². The molecule has 8 heteroatoms. The minimum Gasteiger partial charge on any atom is -0.350 e. The van der Waals surface area contributed by atoms with Crippen LogP contribution in [0.15, 0.2) is 77.5 Å². The molecule has 1 heterocycles. The monoisotopic (exact) mass is 463 g/mol. The van der Waals surface area contributed by atoms with Gasteiger partial charge in [0.05, 0.1) is 11.4 Å². The zero-order valence-corrected chi connectivity index (χ0v) is 18.5. The van der Waals surface area contributed by atoms with Crippen molar-refractivity contribution in [3.8, 4) is 0 Å². The number of carbonyl (C=O) groups is 3. The van der Waals surface area contributed by atoms with Gasteiger partial charge in [0.25, 0.3) is 17.7 Å². The Labute approximate surface area is 194 Å². The Kier molecular flexibility index (Phi) is 5.98. The number of imide groups is 1. The number of aryl methyl sites for hydroxylation is 2. The topological polar surface area (TPSA) is 78.5 Å². The van der Waals surface area contributed by atoms with Crippen LogP contribution in [-0.2, 0) is 9.59 Å². The van der Waals surface area contributed by atoms with E-state index in [1.165, 1.54) is 24.3 Å². The first kappa shape index (κ1) is 22.2. The Morgan fingerprint density at radius 3 is 2.30 bits per heavy atom. The van der Waals surface area contributed by atoms with Gasteiger partial charge < -0.3 is 10.6 Å². The highest BCUT2D eigenvalue weighted by Gasteiger charge is 2.39.